The molecular weight excluding hydrogens is 254 g/mol. The molecule has 6 heteroatoms. The second-order valence-electron chi connectivity index (χ2n) is 4.42. The molecule has 18 heavy (non-hydrogen) atoms. The van der Waals surface area contributed by atoms with Crippen molar-refractivity contribution in [3.05, 3.63) is 22.4 Å². The van der Waals surface area contributed by atoms with Gasteiger partial charge in [-0.1, -0.05) is 6.07 Å². The van der Waals surface area contributed by atoms with Crippen LogP contribution in [-0.4, -0.2) is 34.2 Å². The zero-order valence-electron chi connectivity index (χ0n) is 10.2. The molecule has 0 aliphatic heterocycles. The van der Waals surface area contributed by atoms with Crippen LogP contribution in [0.2, 0.25) is 0 Å². The van der Waals surface area contributed by atoms with E-state index in [-0.39, 0.29) is 12.5 Å². The van der Waals surface area contributed by atoms with Gasteiger partial charge in [-0.2, -0.15) is 0 Å². The maximum atomic E-state index is 11.5. The SMILES string of the molecule is CC(O)(CNC(=O)CCc1cccs1)CC(=O)O. The molecule has 0 spiro atoms. The summed E-state index contributed by atoms with van der Waals surface area (Å²) in [6.45, 7) is 1.34. The van der Waals surface area contributed by atoms with Crippen molar-refractivity contribution in [2.24, 2.45) is 0 Å². The Kier molecular flexibility index (Phi) is 5.30. The monoisotopic (exact) mass is 271 g/mol. The largest absolute Gasteiger partial charge is 0.481 e. The third kappa shape index (κ3) is 5.79. The van der Waals surface area contributed by atoms with Crippen LogP contribution in [0.15, 0.2) is 17.5 Å². The fourth-order valence-corrected chi connectivity index (χ4v) is 2.17. The van der Waals surface area contributed by atoms with Gasteiger partial charge in [-0.05, 0) is 24.8 Å². The molecule has 0 aliphatic carbocycles. The first-order valence-electron chi connectivity index (χ1n) is 5.62. The number of aliphatic carboxylic acids is 1. The molecule has 0 aromatic carbocycles. The third-order valence-corrected chi connectivity index (χ3v) is 3.31. The number of aryl methyl sites for hydroxylation is 1. The molecule has 1 unspecified atom stereocenters. The van der Waals surface area contributed by atoms with E-state index in [1.54, 1.807) is 11.3 Å². The normalized spacial score (nSPS) is 13.9. The highest BCUT2D eigenvalue weighted by Crippen LogP contribution is 2.11. The Hall–Kier alpha value is -1.40. The molecule has 5 nitrogen and oxygen atoms in total. The molecule has 0 bridgehead atoms. The summed E-state index contributed by atoms with van der Waals surface area (Å²) in [5.74, 6) is -1.28. The molecule has 1 aromatic heterocycles. The zero-order chi connectivity index (χ0) is 13.6. The van der Waals surface area contributed by atoms with Crippen LogP contribution >= 0.6 is 11.3 Å². The Bertz CT molecular complexity index is 400. The first kappa shape index (κ1) is 14.7. The first-order valence-corrected chi connectivity index (χ1v) is 6.50. The predicted octanol–water partition coefficient (Wildman–Crippen LogP) is 1.02. The number of carboxylic acid groups (broad SMARTS) is 1. The quantitative estimate of drug-likeness (QED) is 0.691. The highest BCUT2D eigenvalue weighted by Gasteiger charge is 2.24. The van der Waals surface area contributed by atoms with Gasteiger partial charge in [0.25, 0.3) is 0 Å². The van der Waals surface area contributed by atoms with E-state index in [1.165, 1.54) is 6.92 Å². The summed E-state index contributed by atoms with van der Waals surface area (Å²) in [6, 6.07) is 3.88. The lowest BCUT2D eigenvalue weighted by Crippen LogP contribution is -2.42. The number of hydrogen-bond donors (Lipinski definition) is 3. The molecule has 1 atom stereocenters. The van der Waals surface area contributed by atoms with Gasteiger partial charge >= 0.3 is 5.97 Å². The summed E-state index contributed by atoms with van der Waals surface area (Å²) in [6.07, 6.45) is 0.604. The lowest BCUT2D eigenvalue weighted by Gasteiger charge is -2.21. The van der Waals surface area contributed by atoms with Crippen molar-refractivity contribution in [3.8, 4) is 0 Å². The van der Waals surface area contributed by atoms with Crippen molar-refractivity contribution in [2.45, 2.75) is 31.8 Å². The van der Waals surface area contributed by atoms with E-state index < -0.39 is 18.0 Å². The van der Waals surface area contributed by atoms with Crippen molar-refractivity contribution in [2.75, 3.05) is 6.54 Å². The highest BCUT2D eigenvalue weighted by molar-refractivity contribution is 7.09. The molecule has 0 saturated heterocycles. The highest BCUT2D eigenvalue weighted by atomic mass is 32.1. The fraction of sp³-hybridized carbons (Fsp3) is 0.500. The average molecular weight is 271 g/mol. The topological polar surface area (TPSA) is 86.6 Å². The Balaban J connectivity index is 2.26. The fourth-order valence-electron chi connectivity index (χ4n) is 1.46. The molecule has 1 heterocycles. The number of hydrogen-bond acceptors (Lipinski definition) is 4. The summed E-state index contributed by atoms with van der Waals surface area (Å²) in [4.78, 5) is 23.1. The van der Waals surface area contributed by atoms with Gasteiger partial charge in [0.1, 0.15) is 0 Å². The Morgan fingerprint density at radius 3 is 2.78 bits per heavy atom. The second-order valence-corrected chi connectivity index (χ2v) is 5.46. The minimum atomic E-state index is -1.41. The molecule has 3 N–H and O–H groups in total. The van der Waals surface area contributed by atoms with Crippen LogP contribution in [-0.2, 0) is 16.0 Å². The maximum absolute atomic E-state index is 11.5. The minimum Gasteiger partial charge on any atom is -0.481 e. The van der Waals surface area contributed by atoms with Gasteiger partial charge in [0.2, 0.25) is 5.91 Å². The van der Waals surface area contributed by atoms with Crippen molar-refractivity contribution in [1.82, 2.24) is 5.32 Å². The van der Waals surface area contributed by atoms with Crippen LogP contribution in [0.1, 0.15) is 24.6 Å². The number of thiophene rings is 1. The van der Waals surface area contributed by atoms with Gasteiger partial charge in [0.05, 0.1) is 12.0 Å². The molecule has 0 saturated carbocycles. The lowest BCUT2D eigenvalue weighted by molar-refractivity contribution is -0.142. The van der Waals surface area contributed by atoms with Crippen LogP contribution < -0.4 is 5.32 Å². The Morgan fingerprint density at radius 2 is 2.22 bits per heavy atom. The van der Waals surface area contributed by atoms with Crippen LogP contribution in [0.4, 0.5) is 0 Å². The van der Waals surface area contributed by atoms with E-state index in [1.807, 2.05) is 17.5 Å². The number of carbonyl (C=O) groups excluding carboxylic acids is 1. The molecule has 0 fully saturated rings. The van der Waals surface area contributed by atoms with E-state index in [4.69, 9.17) is 5.11 Å². The number of amides is 1. The van der Waals surface area contributed by atoms with Crippen molar-refractivity contribution in [1.29, 1.82) is 0 Å². The molecule has 0 radical (unpaired) electrons. The molecular formula is C12H17NO4S. The number of carboxylic acids is 1. The van der Waals surface area contributed by atoms with Gasteiger partial charge in [-0.3, -0.25) is 9.59 Å². The van der Waals surface area contributed by atoms with Crippen LogP contribution in [0, 0.1) is 0 Å². The second kappa shape index (κ2) is 6.51. The Morgan fingerprint density at radius 1 is 1.50 bits per heavy atom. The van der Waals surface area contributed by atoms with Crippen molar-refractivity contribution < 1.29 is 19.8 Å². The minimum absolute atomic E-state index is 0.0530. The standard InChI is InChI=1S/C12H17NO4S/c1-12(17,7-11(15)16)8-13-10(14)5-4-9-3-2-6-18-9/h2-3,6,17H,4-5,7-8H2,1H3,(H,13,14)(H,15,16). The Labute approximate surface area is 109 Å². The van der Waals surface area contributed by atoms with Gasteiger partial charge in [-0.15, -0.1) is 11.3 Å². The van der Waals surface area contributed by atoms with E-state index in [9.17, 15) is 14.7 Å². The predicted molar refractivity (Wildman–Crippen MR) is 68.5 cm³/mol. The first-order chi connectivity index (χ1) is 8.39. The molecule has 1 rings (SSSR count). The lowest BCUT2D eigenvalue weighted by atomic mass is 10.0. The zero-order valence-corrected chi connectivity index (χ0v) is 11.0. The number of nitrogens with one attached hydrogen (secondary N) is 1. The molecule has 1 aromatic rings. The summed E-state index contributed by atoms with van der Waals surface area (Å²) in [7, 11) is 0. The summed E-state index contributed by atoms with van der Waals surface area (Å²) < 4.78 is 0. The number of rotatable bonds is 7. The van der Waals surface area contributed by atoms with E-state index in [2.05, 4.69) is 5.32 Å². The third-order valence-electron chi connectivity index (χ3n) is 2.38. The maximum Gasteiger partial charge on any atom is 0.306 e. The number of aliphatic hydroxyl groups is 1. The van der Waals surface area contributed by atoms with Crippen molar-refractivity contribution in [3.63, 3.8) is 0 Å². The van der Waals surface area contributed by atoms with E-state index >= 15 is 0 Å². The van der Waals surface area contributed by atoms with Gasteiger partial charge in [0, 0.05) is 17.8 Å². The van der Waals surface area contributed by atoms with E-state index in [0.29, 0.717) is 12.8 Å². The molecule has 0 aliphatic rings. The average Bonchev–Trinajstić information content (AvgIpc) is 2.74. The summed E-state index contributed by atoms with van der Waals surface area (Å²) in [5.41, 5.74) is -1.41. The van der Waals surface area contributed by atoms with Crippen molar-refractivity contribution >= 4 is 23.2 Å². The van der Waals surface area contributed by atoms with Gasteiger partial charge in [-0.25, -0.2) is 0 Å². The smallest absolute Gasteiger partial charge is 0.306 e. The summed E-state index contributed by atoms with van der Waals surface area (Å²) in [5, 5.41) is 22.8. The van der Waals surface area contributed by atoms with Crippen LogP contribution in [0.3, 0.4) is 0 Å². The van der Waals surface area contributed by atoms with Crippen LogP contribution in [0.5, 0.6) is 0 Å². The van der Waals surface area contributed by atoms with Crippen LogP contribution in [0.25, 0.3) is 0 Å². The van der Waals surface area contributed by atoms with Gasteiger partial charge < -0.3 is 15.5 Å². The summed E-state index contributed by atoms with van der Waals surface area (Å²) >= 11 is 1.59. The van der Waals surface area contributed by atoms with E-state index in [0.717, 1.165) is 4.88 Å². The molecule has 100 valence electrons. The number of carbonyl (C=O) groups is 2. The molecule has 1 amide bonds. The van der Waals surface area contributed by atoms with Gasteiger partial charge in [0.15, 0.2) is 0 Å².